The molecule has 2 aromatic carbocycles. The van der Waals surface area contributed by atoms with Gasteiger partial charge in [0.2, 0.25) is 5.91 Å². The SMILES string of the molecule is CN(C)c1ccc(C=CC(=O)NCCN2CCc3ccccc3C2)cc1. The number of rotatable bonds is 6. The number of benzene rings is 2. The molecule has 0 saturated heterocycles. The molecule has 1 aliphatic heterocycles. The lowest BCUT2D eigenvalue weighted by atomic mass is 10.00. The molecule has 1 N–H and O–H groups in total. The summed E-state index contributed by atoms with van der Waals surface area (Å²) in [6.07, 6.45) is 4.55. The van der Waals surface area contributed by atoms with Gasteiger partial charge >= 0.3 is 0 Å². The van der Waals surface area contributed by atoms with Gasteiger partial charge < -0.3 is 10.2 Å². The highest BCUT2D eigenvalue weighted by molar-refractivity contribution is 5.91. The molecule has 0 radical (unpaired) electrons. The van der Waals surface area contributed by atoms with E-state index in [0.717, 1.165) is 37.3 Å². The van der Waals surface area contributed by atoms with Crippen LogP contribution in [0.4, 0.5) is 5.69 Å². The predicted molar refractivity (Wildman–Crippen MR) is 108 cm³/mol. The highest BCUT2D eigenvalue weighted by Gasteiger charge is 2.14. The zero-order valence-electron chi connectivity index (χ0n) is 15.6. The van der Waals surface area contributed by atoms with Crippen LogP contribution in [0.3, 0.4) is 0 Å². The van der Waals surface area contributed by atoms with Gasteiger partial charge in [-0.05, 0) is 41.3 Å². The van der Waals surface area contributed by atoms with E-state index in [0.29, 0.717) is 6.54 Å². The molecule has 2 aromatic rings. The Morgan fingerprint density at radius 2 is 1.85 bits per heavy atom. The van der Waals surface area contributed by atoms with E-state index in [9.17, 15) is 4.79 Å². The Balaban J connectivity index is 1.42. The number of nitrogens with one attached hydrogen (secondary N) is 1. The van der Waals surface area contributed by atoms with Crippen LogP contribution in [0.2, 0.25) is 0 Å². The van der Waals surface area contributed by atoms with Crippen LogP contribution in [0.5, 0.6) is 0 Å². The second-order valence-electron chi connectivity index (χ2n) is 6.91. The van der Waals surface area contributed by atoms with Crippen LogP contribution in [-0.2, 0) is 17.8 Å². The molecule has 0 bridgehead atoms. The smallest absolute Gasteiger partial charge is 0.244 e. The van der Waals surface area contributed by atoms with E-state index in [2.05, 4.69) is 39.4 Å². The van der Waals surface area contributed by atoms with Crippen molar-refractivity contribution in [1.29, 1.82) is 0 Å². The fourth-order valence-electron chi connectivity index (χ4n) is 3.20. The molecule has 4 nitrogen and oxygen atoms in total. The molecule has 0 spiro atoms. The first-order valence-electron chi connectivity index (χ1n) is 9.14. The standard InChI is InChI=1S/C22H27N3O/c1-24(2)21-10-7-18(8-11-21)9-12-22(26)23-14-16-25-15-13-19-5-3-4-6-20(19)17-25/h3-12H,13-17H2,1-2H3,(H,23,26). The average molecular weight is 349 g/mol. The number of amides is 1. The molecule has 1 heterocycles. The number of anilines is 1. The molecule has 1 aliphatic rings. The largest absolute Gasteiger partial charge is 0.378 e. The van der Waals surface area contributed by atoms with Crippen LogP contribution in [0.1, 0.15) is 16.7 Å². The maximum Gasteiger partial charge on any atom is 0.244 e. The number of fused-ring (bicyclic) bond motifs is 1. The van der Waals surface area contributed by atoms with E-state index in [1.165, 1.54) is 11.1 Å². The van der Waals surface area contributed by atoms with Crippen LogP contribution < -0.4 is 10.2 Å². The minimum atomic E-state index is -0.0425. The van der Waals surface area contributed by atoms with Crippen molar-refractivity contribution in [1.82, 2.24) is 10.2 Å². The summed E-state index contributed by atoms with van der Waals surface area (Å²) in [7, 11) is 4.03. The summed E-state index contributed by atoms with van der Waals surface area (Å²) in [5.41, 5.74) is 5.04. The average Bonchev–Trinajstić information content (AvgIpc) is 2.66. The third-order valence-corrected chi connectivity index (χ3v) is 4.77. The molecule has 0 aromatic heterocycles. The van der Waals surface area contributed by atoms with Gasteiger partial charge in [-0.2, -0.15) is 0 Å². The van der Waals surface area contributed by atoms with Gasteiger partial charge in [0, 0.05) is 52.0 Å². The Morgan fingerprint density at radius 1 is 1.12 bits per heavy atom. The molecule has 4 heteroatoms. The van der Waals surface area contributed by atoms with Gasteiger partial charge in [-0.15, -0.1) is 0 Å². The Hall–Kier alpha value is -2.59. The number of carbonyl (C=O) groups excluding carboxylic acids is 1. The fraction of sp³-hybridized carbons (Fsp3) is 0.318. The molecule has 0 atom stereocenters. The second-order valence-corrected chi connectivity index (χ2v) is 6.91. The molecule has 1 amide bonds. The van der Waals surface area contributed by atoms with Gasteiger partial charge in [0.15, 0.2) is 0 Å². The van der Waals surface area contributed by atoms with E-state index < -0.39 is 0 Å². The lowest BCUT2D eigenvalue weighted by Crippen LogP contribution is -2.37. The van der Waals surface area contributed by atoms with Crippen LogP contribution >= 0.6 is 0 Å². The summed E-state index contributed by atoms with van der Waals surface area (Å²) in [5.74, 6) is -0.0425. The third kappa shape index (κ3) is 4.96. The van der Waals surface area contributed by atoms with Gasteiger partial charge in [-0.1, -0.05) is 36.4 Å². The summed E-state index contributed by atoms with van der Waals surface area (Å²) >= 11 is 0. The molecule has 0 fully saturated rings. The van der Waals surface area contributed by atoms with Gasteiger partial charge in [0.05, 0.1) is 0 Å². The molecule has 136 valence electrons. The highest BCUT2D eigenvalue weighted by atomic mass is 16.1. The van der Waals surface area contributed by atoms with Gasteiger partial charge in [0.25, 0.3) is 0 Å². The van der Waals surface area contributed by atoms with Crippen molar-refractivity contribution in [3.05, 3.63) is 71.3 Å². The van der Waals surface area contributed by atoms with Gasteiger partial charge in [-0.3, -0.25) is 9.69 Å². The Bertz CT molecular complexity index is 765. The maximum atomic E-state index is 12.0. The second kappa shape index (κ2) is 8.68. The third-order valence-electron chi connectivity index (χ3n) is 4.77. The minimum Gasteiger partial charge on any atom is -0.378 e. The van der Waals surface area contributed by atoms with E-state index in [1.54, 1.807) is 6.08 Å². The summed E-state index contributed by atoms with van der Waals surface area (Å²) in [5, 5.41) is 2.98. The Kier molecular flexibility index (Phi) is 6.08. The van der Waals surface area contributed by atoms with E-state index in [4.69, 9.17) is 0 Å². The molecule has 0 unspecified atom stereocenters. The number of nitrogens with zero attached hydrogens (tertiary/aromatic N) is 2. The van der Waals surface area contributed by atoms with Crippen molar-refractivity contribution in [2.75, 3.05) is 38.6 Å². The van der Waals surface area contributed by atoms with Crippen LogP contribution in [0, 0.1) is 0 Å². The molecular weight excluding hydrogens is 322 g/mol. The first kappa shape index (κ1) is 18.2. The first-order chi connectivity index (χ1) is 12.6. The molecule has 3 rings (SSSR count). The van der Waals surface area contributed by atoms with E-state index in [-0.39, 0.29) is 5.91 Å². The maximum absolute atomic E-state index is 12.0. The topological polar surface area (TPSA) is 35.6 Å². The highest BCUT2D eigenvalue weighted by Crippen LogP contribution is 2.17. The van der Waals surface area contributed by atoms with Crippen LogP contribution in [0.15, 0.2) is 54.6 Å². The lowest BCUT2D eigenvalue weighted by Gasteiger charge is -2.28. The van der Waals surface area contributed by atoms with Crippen LogP contribution in [-0.4, -0.2) is 44.5 Å². The van der Waals surface area contributed by atoms with Gasteiger partial charge in [-0.25, -0.2) is 0 Å². The molecule has 0 aliphatic carbocycles. The molecular formula is C22H27N3O. The number of carbonyl (C=O) groups is 1. The molecule has 0 saturated carbocycles. The summed E-state index contributed by atoms with van der Waals surface area (Å²) < 4.78 is 0. The minimum absolute atomic E-state index is 0.0425. The van der Waals surface area contributed by atoms with Crippen molar-refractivity contribution in [2.24, 2.45) is 0 Å². The van der Waals surface area contributed by atoms with Gasteiger partial charge in [0.1, 0.15) is 0 Å². The van der Waals surface area contributed by atoms with Crippen molar-refractivity contribution in [2.45, 2.75) is 13.0 Å². The number of hydrogen-bond acceptors (Lipinski definition) is 3. The van der Waals surface area contributed by atoms with Crippen LogP contribution in [0.25, 0.3) is 6.08 Å². The summed E-state index contributed by atoms with van der Waals surface area (Å²) in [6.45, 7) is 3.58. The van der Waals surface area contributed by atoms with Crippen molar-refractivity contribution < 1.29 is 4.79 Å². The summed E-state index contributed by atoms with van der Waals surface area (Å²) in [6, 6.07) is 16.7. The van der Waals surface area contributed by atoms with E-state index >= 15 is 0 Å². The first-order valence-corrected chi connectivity index (χ1v) is 9.14. The Morgan fingerprint density at radius 3 is 2.58 bits per heavy atom. The lowest BCUT2D eigenvalue weighted by molar-refractivity contribution is -0.116. The number of hydrogen-bond donors (Lipinski definition) is 1. The van der Waals surface area contributed by atoms with Crippen molar-refractivity contribution >= 4 is 17.7 Å². The quantitative estimate of drug-likeness (QED) is 0.815. The monoisotopic (exact) mass is 349 g/mol. The summed E-state index contributed by atoms with van der Waals surface area (Å²) in [4.78, 5) is 16.5. The van der Waals surface area contributed by atoms with Crippen molar-refractivity contribution in [3.63, 3.8) is 0 Å². The van der Waals surface area contributed by atoms with E-state index in [1.807, 2.05) is 44.4 Å². The Labute approximate surface area is 156 Å². The fourth-order valence-corrected chi connectivity index (χ4v) is 3.20. The molecule has 26 heavy (non-hydrogen) atoms. The van der Waals surface area contributed by atoms with Crippen molar-refractivity contribution in [3.8, 4) is 0 Å². The predicted octanol–water partition coefficient (Wildman–Crippen LogP) is 2.94. The zero-order valence-corrected chi connectivity index (χ0v) is 15.6. The zero-order chi connectivity index (χ0) is 18.4. The normalized spacial score (nSPS) is 14.2.